The second-order valence-corrected chi connectivity index (χ2v) is 6.87. The maximum Gasteiger partial charge on any atom is 0.410 e. The Labute approximate surface area is 146 Å². The third-order valence-electron chi connectivity index (χ3n) is 3.73. The van der Waals surface area contributed by atoms with Crippen molar-refractivity contribution < 1.29 is 14.3 Å². The van der Waals surface area contributed by atoms with Crippen molar-refractivity contribution in [2.75, 3.05) is 13.2 Å². The molecule has 0 spiro atoms. The average Bonchev–Trinajstić information content (AvgIpc) is 2.46. The highest BCUT2D eigenvalue weighted by molar-refractivity contribution is 5.69. The maximum absolute atomic E-state index is 12.1. The van der Waals surface area contributed by atoms with Crippen LogP contribution in [0, 0.1) is 0 Å². The molecule has 0 saturated carbocycles. The van der Waals surface area contributed by atoms with Crippen LogP contribution in [0.5, 0.6) is 0 Å². The Kier molecular flexibility index (Phi) is 7.83. The zero-order chi connectivity index (χ0) is 18.2. The third-order valence-corrected chi connectivity index (χ3v) is 3.73. The number of nitrogens with zero attached hydrogens (tertiary/aromatic N) is 1. The van der Waals surface area contributed by atoms with Gasteiger partial charge in [0, 0.05) is 6.54 Å². The van der Waals surface area contributed by atoms with Crippen LogP contribution in [-0.2, 0) is 9.47 Å². The third kappa shape index (κ3) is 6.65. The maximum atomic E-state index is 12.1. The van der Waals surface area contributed by atoms with Crippen molar-refractivity contribution in [3.05, 3.63) is 48.8 Å². The van der Waals surface area contributed by atoms with Gasteiger partial charge in [-0.1, -0.05) is 18.7 Å². The molecule has 0 radical (unpaired) electrons. The van der Waals surface area contributed by atoms with Crippen LogP contribution in [0.4, 0.5) is 4.79 Å². The minimum absolute atomic E-state index is 0.0727. The van der Waals surface area contributed by atoms with Crippen molar-refractivity contribution >= 4 is 6.09 Å². The molecule has 0 aromatic rings. The van der Waals surface area contributed by atoms with Crippen molar-refractivity contribution in [3.63, 3.8) is 0 Å². The summed E-state index contributed by atoms with van der Waals surface area (Å²) in [5.41, 5.74) is 0.639. The zero-order valence-corrected chi connectivity index (χ0v) is 15.5. The number of hydrogen-bond acceptors (Lipinski definition) is 3. The van der Waals surface area contributed by atoms with E-state index in [1.807, 2.05) is 52.0 Å². The summed E-state index contributed by atoms with van der Waals surface area (Å²) in [5.74, 6) is 0.796. The van der Waals surface area contributed by atoms with Gasteiger partial charge in [-0.15, -0.1) is 6.58 Å². The second kappa shape index (κ2) is 9.36. The number of hydrogen-bond donors (Lipinski definition) is 0. The molecule has 0 bridgehead atoms. The number of carbonyl (C=O) groups excluding carboxylic acids is 1. The van der Waals surface area contributed by atoms with Crippen molar-refractivity contribution in [2.24, 2.45) is 0 Å². The molecular formula is C20H31NO3. The lowest BCUT2D eigenvalue weighted by atomic mass is 10.1. The van der Waals surface area contributed by atoms with Crippen LogP contribution in [0.15, 0.2) is 48.8 Å². The Morgan fingerprint density at radius 1 is 1.33 bits per heavy atom. The number of carbonyl (C=O) groups is 1. The molecule has 1 unspecified atom stereocenters. The lowest BCUT2D eigenvalue weighted by Gasteiger charge is -2.41. The lowest BCUT2D eigenvalue weighted by molar-refractivity contribution is -0.0196. The van der Waals surface area contributed by atoms with E-state index in [4.69, 9.17) is 9.47 Å². The van der Waals surface area contributed by atoms with Gasteiger partial charge in [-0.25, -0.2) is 4.79 Å². The molecule has 4 heteroatoms. The molecule has 134 valence electrons. The molecule has 0 N–H and O–H groups in total. The van der Waals surface area contributed by atoms with E-state index in [0.717, 1.165) is 37.1 Å². The van der Waals surface area contributed by atoms with Crippen LogP contribution >= 0.6 is 0 Å². The van der Waals surface area contributed by atoms with Gasteiger partial charge in [0.1, 0.15) is 18.0 Å². The van der Waals surface area contributed by atoms with E-state index in [1.54, 1.807) is 4.90 Å². The first-order valence-corrected chi connectivity index (χ1v) is 8.53. The average molecular weight is 333 g/mol. The quantitative estimate of drug-likeness (QED) is 0.357. The SMILES string of the molecule is C=CCC/C(C=C)=C/C(=C\C)OCC1CCN1C(=O)OC(C)(C)C. The Morgan fingerprint density at radius 2 is 2.04 bits per heavy atom. The largest absolute Gasteiger partial charge is 0.492 e. The topological polar surface area (TPSA) is 38.8 Å². The predicted octanol–water partition coefficient (Wildman–Crippen LogP) is 4.99. The van der Waals surface area contributed by atoms with Crippen LogP contribution in [0.25, 0.3) is 0 Å². The van der Waals surface area contributed by atoms with Crippen LogP contribution in [0.2, 0.25) is 0 Å². The number of allylic oxidation sites excluding steroid dienone is 5. The van der Waals surface area contributed by atoms with Crippen LogP contribution < -0.4 is 0 Å². The fourth-order valence-corrected chi connectivity index (χ4v) is 2.26. The summed E-state index contributed by atoms with van der Waals surface area (Å²) in [7, 11) is 0. The first-order valence-electron chi connectivity index (χ1n) is 8.53. The zero-order valence-electron chi connectivity index (χ0n) is 15.5. The smallest absolute Gasteiger partial charge is 0.410 e. The van der Waals surface area contributed by atoms with Gasteiger partial charge in [0.05, 0.1) is 6.04 Å². The van der Waals surface area contributed by atoms with Crippen LogP contribution in [0.1, 0.15) is 47.0 Å². The number of ether oxygens (including phenoxy) is 2. The minimum atomic E-state index is -0.473. The highest BCUT2D eigenvalue weighted by atomic mass is 16.6. The molecule has 1 aliphatic heterocycles. The van der Waals surface area contributed by atoms with Gasteiger partial charge in [-0.3, -0.25) is 0 Å². The van der Waals surface area contributed by atoms with E-state index in [2.05, 4.69) is 13.2 Å². The number of likely N-dealkylation sites (tertiary alicyclic amines) is 1. The summed E-state index contributed by atoms with van der Waals surface area (Å²) in [6.45, 7) is 16.3. The fraction of sp³-hybridized carbons (Fsp3) is 0.550. The standard InChI is InChI=1S/C20H31NO3/c1-7-10-11-16(8-2)14-18(9-3)23-15-17-12-13-21(17)19(22)24-20(4,5)6/h7-9,14,17H,1-2,10-13,15H2,3-6H3/b16-14+,18-9+. The Balaban J connectivity index is 2.54. The van der Waals surface area contributed by atoms with Gasteiger partial charge < -0.3 is 14.4 Å². The normalized spacial score (nSPS) is 18.7. The Bertz CT molecular complexity index is 511. The van der Waals surface area contributed by atoms with E-state index >= 15 is 0 Å². The van der Waals surface area contributed by atoms with E-state index in [-0.39, 0.29) is 12.1 Å². The lowest BCUT2D eigenvalue weighted by Crippen LogP contribution is -2.54. The van der Waals surface area contributed by atoms with Crippen molar-refractivity contribution in [1.82, 2.24) is 4.90 Å². The van der Waals surface area contributed by atoms with Gasteiger partial charge in [0.15, 0.2) is 0 Å². The van der Waals surface area contributed by atoms with Gasteiger partial charge in [0.2, 0.25) is 0 Å². The summed E-state index contributed by atoms with van der Waals surface area (Å²) in [5, 5.41) is 0. The first kappa shape index (κ1) is 20.1. The van der Waals surface area contributed by atoms with Crippen molar-refractivity contribution in [2.45, 2.75) is 58.6 Å². The number of rotatable bonds is 8. The van der Waals surface area contributed by atoms with E-state index in [0.29, 0.717) is 6.61 Å². The molecule has 1 heterocycles. The fourth-order valence-electron chi connectivity index (χ4n) is 2.26. The second-order valence-electron chi connectivity index (χ2n) is 6.87. The highest BCUT2D eigenvalue weighted by Crippen LogP contribution is 2.22. The first-order chi connectivity index (χ1) is 11.3. The monoisotopic (exact) mass is 333 g/mol. The van der Waals surface area contributed by atoms with E-state index < -0.39 is 5.60 Å². The molecule has 24 heavy (non-hydrogen) atoms. The summed E-state index contributed by atoms with van der Waals surface area (Å²) in [4.78, 5) is 13.8. The van der Waals surface area contributed by atoms with Crippen molar-refractivity contribution in [3.8, 4) is 0 Å². The summed E-state index contributed by atoms with van der Waals surface area (Å²) < 4.78 is 11.3. The predicted molar refractivity (Wildman–Crippen MR) is 98.8 cm³/mol. The number of amides is 1. The van der Waals surface area contributed by atoms with Gasteiger partial charge in [0.25, 0.3) is 0 Å². The highest BCUT2D eigenvalue weighted by Gasteiger charge is 2.35. The summed E-state index contributed by atoms with van der Waals surface area (Å²) >= 11 is 0. The molecule has 0 aromatic heterocycles. The van der Waals surface area contributed by atoms with E-state index in [9.17, 15) is 4.79 Å². The van der Waals surface area contributed by atoms with E-state index in [1.165, 1.54) is 0 Å². The molecule has 1 amide bonds. The molecule has 0 aliphatic carbocycles. The summed E-state index contributed by atoms with van der Waals surface area (Å²) in [6, 6.07) is 0.0727. The molecule has 4 nitrogen and oxygen atoms in total. The molecule has 1 rings (SSSR count). The molecule has 1 aliphatic rings. The molecule has 1 atom stereocenters. The van der Waals surface area contributed by atoms with Crippen molar-refractivity contribution in [1.29, 1.82) is 0 Å². The minimum Gasteiger partial charge on any atom is -0.492 e. The van der Waals surface area contributed by atoms with Gasteiger partial charge in [-0.05, 0) is 64.7 Å². The molecule has 1 fully saturated rings. The van der Waals surface area contributed by atoms with Crippen LogP contribution in [-0.4, -0.2) is 35.8 Å². The Morgan fingerprint density at radius 3 is 2.50 bits per heavy atom. The van der Waals surface area contributed by atoms with Gasteiger partial charge in [-0.2, -0.15) is 0 Å². The molecular weight excluding hydrogens is 302 g/mol. The molecule has 1 saturated heterocycles. The molecule has 0 aromatic carbocycles. The van der Waals surface area contributed by atoms with Crippen LogP contribution in [0.3, 0.4) is 0 Å². The Hall–Kier alpha value is -1.97. The van der Waals surface area contributed by atoms with Gasteiger partial charge >= 0.3 is 6.09 Å². The summed E-state index contributed by atoms with van der Waals surface area (Å²) in [6.07, 6.45) is 10.1.